The van der Waals surface area contributed by atoms with Gasteiger partial charge in [-0.05, 0) is 26.0 Å². The van der Waals surface area contributed by atoms with Crippen molar-refractivity contribution >= 4 is 11.6 Å². The van der Waals surface area contributed by atoms with Gasteiger partial charge in [-0.3, -0.25) is 4.79 Å². The lowest BCUT2D eigenvalue weighted by Crippen LogP contribution is -2.32. The standard InChI is InChI=1S/C13H16N2O2/c1-9-3-5-11(6-4-9)13(16)14-8-12-7-10(2)15-17-12/h3-6,12H,7-8H2,1-2H3,(H,14,16)/t12-/m1/s1. The van der Waals surface area contributed by atoms with Crippen molar-refractivity contribution in [2.45, 2.75) is 26.4 Å². The largest absolute Gasteiger partial charge is 0.390 e. The first-order valence-corrected chi connectivity index (χ1v) is 5.69. The Hall–Kier alpha value is -1.84. The van der Waals surface area contributed by atoms with Crippen molar-refractivity contribution in [3.63, 3.8) is 0 Å². The first-order valence-electron chi connectivity index (χ1n) is 5.69. The van der Waals surface area contributed by atoms with Crippen molar-refractivity contribution in [2.24, 2.45) is 5.16 Å². The second-order valence-corrected chi connectivity index (χ2v) is 4.33. The average Bonchev–Trinajstić information content (AvgIpc) is 2.73. The summed E-state index contributed by atoms with van der Waals surface area (Å²) in [5.74, 6) is -0.0712. The van der Waals surface area contributed by atoms with Crippen LogP contribution in [0.4, 0.5) is 0 Å². The number of nitrogens with zero attached hydrogens (tertiary/aromatic N) is 1. The summed E-state index contributed by atoms with van der Waals surface area (Å²) in [6.45, 7) is 4.41. The predicted molar refractivity (Wildman–Crippen MR) is 66.1 cm³/mol. The van der Waals surface area contributed by atoms with Crippen LogP contribution in [-0.2, 0) is 4.84 Å². The molecule has 0 radical (unpaired) electrons. The number of carbonyl (C=O) groups excluding carboxylic acids is 1. The van der Waals surface area contributed by atoms with E-state index in [1.54, 1.807) is 0 Å². The minimum absolute atomic E-state index is 0.0237. The summed E-state index contributed by atoms with van der Waals surface area (Å²) < 4.78 is 0. The maximum atomic E-state index is 11.8. The van der Waals surface area contributed by atoms with Gasteiger partial charge in [0.05, 0.1) is 12.3 Å². The summed E-state index contributed by atoms with van der Waals surface area (Å²) >= 11 is 0. The Labute approximate surface area is 101 Å². The molecule has 1 N–H and O–H groups in total. The Morgan fingerprint density at radius 2 is 2.12 bits per heavy atom. The van der Waals surface area contributed by atoms with Gasteiger partial charge < -0.3 is 10.2 Å². The molecular formula is C13H16N2O2. The van der Waals surface area contributed by atoms with E-state index in [2.05, 4.69) is 10.5 Å². The second kappa shape index (κ2) is 4.99. The molecule has 0 saturated heterocycles. The van der Waals surface area contributed by atoms with E-state index in [-0.39, 0.29) is 12.0 Å². The molecule has 4 heteroatoms. The van der Waals surface area contributed by atoms with Crippen LogP contribution in [-0.4, -0.2) is 24.3 Å². The molecule has 4 nitrogen and oxygen atoms in total. The molecule has 0 saturated carbocycles. The Morgan fingerprint density at radius 3 is 2.71 bits per heavy atom. The molecule has 0 fully saturated rings. The summed E-state index contributed by atoms with van der Waals surface area (Å²) in [5.41, 5.74) is 2.79. The number of nitrogens with one attached hydrogen (secondary N) is 1. The van der Waals surface area contributed by atoms with Crippen LogP contribution < -0.4 is 5.32 Å². The van der Waals surface area contributed by atoms with Gasteiger partial charge >= 0.3 is 0 Å². The van der Waals surface area contributed by atoms with Crippen molar-refractivity contribution in [1.82, 2.24) is 5.32 Å². The third-order valence-corrected chi connectivity index (χ3v) is 2.68. The summed E-state index contributed by atoms with van der Waals surface area (Å²) in [6, 6.07) is 7.49. The highest BCUT2D eigenvalue weighted by Crippen LogP contribution is 2.09. The van der Waals surface area contributed by atoms with E-state index in [9.17, 15) is 4.79 Å². The van der Waals surface area contributed by atoms with Gasteiger partial charge in [-0.1, -0.05) is 22.9 Å². The van der Waals surface area contributed by atoms with Crippen molar-refractivity contribution in [2.75, 3.05) is 6.54 Å². The molecule has 1 aliphatic rings. The van der Waals surface area contributed by atoms with Gasteiger partial charge in [0.25, 0.3) is 5.91 Å². The van der Waals surface area contributed by atoms with Gasteiger partial charge in [-0.15, -0.1) is 0 Å². The van der Waals surface area contributed by atoms with Crippen molar-refractivity contribution in [3.8, 4) is 0 Å². The SMILES string of the molecule is CC1=NO[C@@H](CNC(=O)c2ccc(C)cc2)C1. The Morgan fingerprint density at radius 1 is 1.41 bits per heavy atom. The molecule has 1 heterocycles. The molecular weight excluding hydrogens is 216 g/mol. The van der Waals surface area contributed by atoms with E-state index in [4.69, 9.17) is 4.84 Å². The number of carbonyl (C=O) groups is 1. The van der Waals surface area contributed by atoms with E-state index in [0.29, 0.717) is 12.1 Å². The number of aryl methyl sites for hydroxylation is 1. The van der Waals surface area contributed by atoms with Gasteiger partial charge in [0.1, 0.15) is 6.10 Å². The second-order valence-electron chi connectivity index (χ2n) is 4.33. The summed E-state index contributed by atoms with van der Waals surface area (Å²) in [7, 11) is 0. The molecule has 17 heavy (non-hydrogen) atoms. The Bertz CT molecular complexity index is 437. The van der Waals surface area contributed by atoms with E-state index >= 15 is 0 Å². The molecule has 1 amide bonds. The van der Waals surface area contributed by atoms with E-state index in [1.807, 2.05) is 38.1 Å². The molecule has 1 aromatic rings. The smallest absolute Gasteiger partial charge is 0.251 e. The van der Waals surface area contributed by atoms with Crippen molar-refractivity contribution in [1.29, 1.82) is 0 Å². The van der Waals surface area contributed by atoms with Gasteiger partial charge in [-0.25, -0.2) is 0 Å². The molecule has 0 aromatic heterocycles. The van der Waals surface area contributed by atoms with Crippen LogP contribution >= 0.6 is 0 Å². The average molecular weight is 232 g/mol. The molecule has 0 bridgehead atoms. The lowest BCUT2D eigenvalue weighted by molar-refractivity contribution is 0.0753. The van der Waals surface area contributed by atoms with Crippen LogP contribution in [0.15, 0.2) is 29.4 Å². The molecule has 0 unspecified atom stereocenters. The summed E-state index contributed by atoms with van der Waals surface area (Å²) in [4.78, 5) is 16.9. The fraction of sp³-hybridized carbons (Fsp3) is 0.385. The maximum Gasteiger partial charge on any atom is 0.251 e. The molecule has 90 valence electrons. The Balaban J connectivity index is 1.83. The number of hydrogen-bond donors (Lipinski definition) is 1. The van der Waals surface area contributed by atoms with Crippen LogP contribution in [0.1, 0.15) is 29.3 Å². The molecule has 1 aliphatic heterocycles. The first kappa shape index (κ1) is 11.6. The van der Waals surface area contributed by atoms with Crippen LogP contribution in [0, 0.1) is 6.92 Å². The van der Waals surface area contributed by atoms with Crippen LogP contribution in [0.5, 0.6) is 0 Å². The zero-order chi connectivity index (χ0) is 12.3. The highest BCUT2D eigenvalue weighted by Gasteiger charge is 2.18. The van der Waals surface area contributed by atoms with E-state index in [0.717, 1.165) is 17.7 Å². The highest BCUT2D eigenvalue weighted by atomic mass is 16.6. The third kappa shape index (κ3) is 3.06. The van der Waals surface area contributed by atoms with Crippen LogP contribution in [0.25, 0.3) is 0 Å². The molecule has 1 aromatic carbocycles. The fourth-order valence-corrected chi connectivity index (χ4v) is 1.69. The Kier molecular flexibility index (Phi) is 3.42. The monoisotopic (exact) mass is 232 g/mol. The molecule has 2 rings (SSSR count). The normalized spacial score (nSPS) is 18.5. The number of hydrogen-bond acceptors (Lipinski definition) is 3. The first-order chi connectivity index (χ1) is 8.15. The molecule has 1 atom stereocenters. The van der Waals surface area contributed by atoms with Gasteiger partial charge in [0.2, 0.25) is 0 Å². The quantitative estimate of drug-likeness (QED) is 0.865. The minimum Gasteiger partial charge on any atom is -0.390 e. The van der Waals surface area contributed by atoms with E-state index < -0.39 is 0 Å². The molecule has 0 spiro atoms. The minimum atomic E-state index is -0.0712. The fourth-order valence-electron chi connectivity index (χ4n) is 1.69. The predicted octanol–water partition coefficient (Wildman–Crippen LogP) is 1.89. The number of oxime groups is 1. The van der Waals surface area contributed by atoms with Gasteiger partial charge in [-0.2, -0.15) is 0 Å². The number of amides is 1. The maximum absolute atomic E-state index is 11.8. The van der Waals surface area contributed by atoms with Gasteiger partial charge in [0.15, 0.2) is 0 Å². The highest BCUT2D eigenvalue weighted by molar-refractivity contribution is 5.94. The van der Waals surface area contributed by atoms with Crippen molar-refractivity contribution in [3.05, 3.63) is 35.4 Å². The number of rotatable bonds is 3. The number of benzene rings is 1. The van der Waals surface area contributed by atoms with Crippen LogP contribution in [0.2, 0.25) is 0 Å². The third-order valence-electron chi connectivity index (χ3n) is 2.68. The topological polar surface area (TPSA) is 50.7 Å². The van der Waals surface area contributed by atoms with Crippen molar-refractivity contribution < 1.29 is 9.63 Å². The van der Waals surface area contributed by atoms with E-state index in [1.165, 1.54) is 0 Å². The zero-order valence-electron chi connectivity index (χ0n) is 10.1. The zero-order valence-corrected chi connectivity index (χ0v) is 10.1. The van der Waals surface area contributed by atoms with Crippen LogP contribution in [0.3, 0.4) is 0 Å². The lowest BCUT2D eigenvalue weighted by atomic mass is 10.1. The summed E-state index contributed by atoms with van der Waals surface area (Å²) in [6.07, 6.45) is 0.762. The lowest BCUT2D eigenvalue weighted by Gasteiger charge is -2.09. The summed E-state index contributed by atoms with van der Waals surface area (Å²) in [5, 5.41) is 6.69. The van der Waals surface area contributed by atoms with Gasteiger partial charge in [0, 0.05) is 12.0 Å². The molecule has 0 aliphatic carbocycles.